The fourth-order valence-electron chi connectivity index (χ4n) is 3.07. The summed E-state index contributed by atoms with van der Waals surface area (Å²) < 4.78 is 7.40. The molecule has 0 saturated heterocycles. The van der Waals surface area contributed by atoms with E-state index >= 15 is 0 Å². The highest BCUT2D eigenvalue weighted by molar-refractivity contribution is 5.96. The SMILES string of the molecule is CCCCCOc1ccc(C2C(C(C)=O)=C(C)Nc3nnnn32)cc1. The van der Waals surface area contributed by atoms with Crippen LogP contribution in [0.5, 0.6) is 5.75 Å². The predicted octanol–water partition coefficient (Wildman–Crippen LogP) is 3.12. The molecule has 7 heteroatoms. The van der Waals surface area contributed by atoms with Gasteiger partial charge in [0.05, 0.1) is 6.61 Å². The number of aromatic nitrogens is 4. The number of anilines is 1. The third-order valence-electron chi connectivity index (χ3n) is 4.31. The van der Waals surface area contributed by atoms with Crippen molar-refractivity contribution in [1.29, 1.82) is 0 Å². The number of nitrogens with one attached hydrogen (secondary N) is 1. The Labute approximate surface area is 147 Å². The Kier molecular flexibility index (Phi) is 5.11. The van der Waals surface area contributed by atoms with Crippen LogP contribution < -0.4 is 10.1 Å². The first-order chi connectivity index (χ1) is 12.1. The number of tetrazole rings is 1. The minimum atomic E-state index is -0.335. The van der Waals surface area contributed by atoms with Crippen LogP contribution in [0.1, 0.15) is 51.6 Å². The summed E-state index contributed by atoms with van der Waals surface area (Å²) >= 11 is 0. The first kappa shape index (κ1) is 17.1. The molecule has 1 aromatic carbocycles. The number of hydrogen-bond acceptors (Lipinski definition) is 6. The van der Waals surface area contributed by atoms with Crippen LogP contribution in [0.25, 0.3) is 0 Å². The first-order valence-electron chi connectivity index (χ1n) is 8.61. The summed E-state index contributed by atoms with van der Waals surface area (Å²) in [6.45, 7) is 6.32. The first-order valence-corrected chi connectivity index (χ1v) is 8.61. The van der Waals surface area contributed by atoms with Crippen LogP contribution in [0, 0.1) is 0 Å². The second-order valence-corrected chi connectivity index (χ2v) is 6.19. The second-order valence-electron chi connectivity index (χ2n) is 6.19. The summed E-state index contributed by atoms with van der Waals surface area (Å²) in [5, 5.41) is 14.8. The highest BCUT2D eigenvalue weighted by Crippen LogP contribution is 2.35. The Balaban J connectivity index is 1.85. The van der Waals surface area contributed by atoms with E-state index in [0.717, 1.165) is 30.0 Å². The van der Waals surface area contributed by atoms with E-state index in [0.29, 0.717) is 11.5 Å². The summed E-state index contributed by atoms with van der Waals surface area (Å²) in [6.07, 6.45) is 3.39. The topological polar surface area (TPSA) is 81.9 Å². The molecule has 0 spiro atoms. The molecule has 1 N–H and O–H groups in total. The molecule has 3 rings (SSSR count). The van der Waals surface area contributed by atoms with Crippen LogP contribution in [-0.4, -0.2) is 32.6 Å². The molecule has 0 radical (unpaired) electrons. The Morgan fingerprint density at radius 3 is 2.72 bits per heavy atom. The molecule has 1 unspecified atom stereocenters. The molecule has 0 saturated carbocycles. The van der Waals surface area contributed by atoms with Crippen LogP contribution in [-0.2, 0) is 4.79 Å². The predicted molar refractivity (Wildman–Crippen MR) is 94.4 cm³/mol. The van der Waals surface area contributed by atoms with E-state index < -0.39 is 0 Å². The van der Waals surface area contributed by atoms with Crippen LogP contribution in [0.15, 0.2) is 35.5 Å². The van der Waals surface area contributed by atoms with Gasteiger partial charge in [-0.2, -0.15) is 4.68 Å². The molecule has 1 aliphatic rings. The number of Topliss-reactive ketones (excluding diaryl/α,β-unsaturated/α-hetero) is 1. The van der Waals surface area contributed by atoms with Crippen LogP contribution in [0.3, 0.4) is 0 Å². The smallest absolute Gasteiger partial charge is 0.248 e. The molecule has 1 aromatic heterocycles. The van der Waals surface area contributed by atoms with E-state index in [4.69, 9.17) is 4.74 Å². The number of ketones is 1. The number of unbranched alkanes of at least 4 members (excludes halogenated alkanes) is 2. The van der Waals surface area contributed by atoms with Gasteiger partial charge in [-0.25, -0.2) is 0 Å². The fourth-order valence-corrected chi connectivity index (χ4v) is 3.07. The molecule has 25 heavy (non-hydrogen) atoms. The quantitative estimate of drug-likeness (QED) is 0.779. The number of nitrogens with zero attached hydrogens (tertiary/aromatic N) is 4. The molecule has 2 aromatic rings. The highest BCUT2D eigenvalue weighted by atomic mass is 16.5. The molecule has 1 aliphatic heterocycles. The summed E-state index contributed by atoms with van der Waals surface area (Å²) in [7, 11) is 0. The lowest BCUT2D eigenvalue weighted by molar-refractivity contribution is -0.114. The lowest BCUT2D eigenvalue weighted by Crippen LogP contribution is -2.27. The van der Waals surface area contributed by atoms with Crippen molar-refractivity contribution in [3.05, 3.63) is 41.1 Å². The Morgan fingerprint density at radius 2 is 2.04 bits per heavy atom. The standard InChI is InChI=1S/C18H23N5O2/c1-4-5-6-11-25-15-9-7-14(8-10-15)17-16(13(3)24)12(2)19-18-20-21-22-23(17)18/h7-10,17H,4-6,11H2,1-3H3,(H,19,20,22). The van der Waals surface area contributed by atoms with Crippen molar-refractivity contribution in [3.63, 3.8) is 0 Å². The number of rotatable bonds is 7. The molecular formula is C18H23N5O2. The van der Waals surface area contributed by atoms with Gasteiger partial charge in [-0.3, -0.25) is 4.79 Å². The number of benzene rings is 1. The van der Waals surface area contributed by atoms with Crippen LogP contribution in [0.4, 0.5) is 5.95 Å². The number of fused-ring (bicyclic) bond motifs is 1. The van der Waals surface area contributed by atoms with Gasteiger partial charge in [-0.15, -0.1) is 0 Å². The third kappa shape index (κ3) is 3.55. The maximum atomic E-state index is 12.2. The van der Waals surface area contributed by atoms with Crippen molar-refractivity contribution in [3.8, 4) is 5.75 Å². The molecule has 0 amide bonds. The zero-order valence-electron chi connectivity index (χ0n) is 14.8. The molecule has 0 fully saturated rings. The average Bonchev–Trinajstić information content (AvgIpc) is 3.06. The van der Waals surface area contributed by atoms with E-state index in [1.165, 1.54) is 12.8 Å². The van der Waals surface area contributed by atoms with Gasteiger partial charge in [-0.1, -0.05) is 37.0 Å². The van der Waals surface area contributed by atoms with Crippen molar-refractivity contribution in [2.75, 3.05) is 11.9 Å². The average molecular weight is 341 g/mol. The molecule has 0 bridgehead atoms. The fraction of sp³-hybridized carbons (Fsp3) is 0.444. The Bertz CT molecular complexity index is 779. The number of carbonyl (C=O) groups is 1. The van der Waals surface area contributed by atoms with Gasteiger partial charge in [0.1, 0.15) is 11.8 Å². The number of carbonyl (C=O) groups excluding carboxylic acids is 1. The van der Waals surface area contributed by atoms with Gasteiger partial charge in [0.15, 0.2) is 5.78 Å². The Morgan fingerprint density at radius 1 is 1.28 bits per heavy atom. The molecule has 0 aliphatic carbocycles. The molecule has 7 nitrogen and oxygen atoms in total. The molecule has 2 heterocycles. The minimum Gasteiger partial charge on any atom is -0.494 e. The largest absolute Gasteiger partial charge is 0.494 e. The van der Waals surface area contributed by atoms with Crippen molar-refractivity contribution >= 4 is 11.7 Å². The number of ether oxygens (including phenoxy) is 1. The van der Waals surface area contributed by atoms with E-state index in [9.17, 15) is 4.79 Å². The maximum Gasteiger partial charge on any atom is 0.248 e. The Hall–Kier alpha value is -2.70. The molecule has 1 atom stereocenters. The zero-order chi connectivity index (χ0) is 17.8. The summed E-state index contributed by atoms with van der Waals surface area (Å²) in [6, 6.07) is 7.46. The number of allylic oxidation sites excluding steroid dienone is 2. The minimum absolute atomic E-state index is 0.00366. The lowest BCUT2D eigenvalue weighted by Gasteiger charge is -2.27. The van der Waals surface area contributed by atoms with Gasteiger partial charge in [0.25, 0.3) is 0 Å². The highest BCUT2D eigenvalue weighted by Gasteiger charge is 2.32. The summed E-state index contributed by atoms with van der Waals surface area (Å²) in [5.74, 6) is 1.36. The van der Waals surface area contributed by atoms with Crippen LogP contribution >= 0.6 is 0 Å². The van der Waals surface area contributed by atoms with E-state index in [-0.39, 0.29) is 11.8 Å². The summed E-state index contributed by atoms with van der Waals surface area (Å²) in [5.41, 5.74) is 2.39. The number of hydrogen-bond donors (Lipinski definition) is 1. The lowest BCUT2D eigenvalue weighted by atomic mass is 9.93. The molecule has 132 valence electrons. The van der Waals surface area contributed by atoms with E-state index in [2.05, 4.69) is 27.8 Å². The van der Waals surface area contributed by atoms with Gasteiger partial charge in [-0.05, 0) is 48.4 Å². The van der Waals surface area contributed by atoms with Gasteiger partial charge in [0.2, 0.25) is 5.95 Å². The van der Waals surface area contributed by atoms with Crippen LogP contribution in [0.2, 0.25) is 0 Å². The van der Waals surface area contributed by atoms with Gasteiger partial charge in [0, 0.05) is 11.3 Å². The molecular weight excluding hydrogens is 318 g/mol. The van der Waals surface area contributed by atoms with Crippen molar-refractivity contribution in [2.45, 2.75) is 46.1 Å². The summed E-state index contributed by atoms with van der Waals surface area (Å²) in [4.78, 5) is 12.2. The van der Waals surface area contributed by atoms with E-state index in [1.54, 1.807) is 11.6 Å². The normalized spacial score (nSPS) is 16.4. The third-order valence-corrected chi connectivity index (χ3v) is 4.31. The second kappa shape index (κ2) is 7.46. The van der Waals surface area contributed by atoms with Gasteiger partial charge < -0.3 is 10.1 Å². The maximum absolute atomic E-state index is 12.2. The van der Waals surface area contributed by atoms with Crippen molar-refractivity contribution in [2.24, 2.45) is 0 Å². The van der Waals surface area contributed by atoms with Gasteiger partial charge >= 0.3 is 0 Å². The van der Waals surface area contributed by atoms with Crippen molar-refractivity contribution < 1.29 is 9.53 Å². The van der Waals surface area contributed by atoms with E-state index in [1.807, 2.05) is 31.2 Å². The monoisotopic (exact) mass is 341 g/mol. The van der Waals surface area contributed by atoms with Crippen molar-refractivity contribution in [1.82, 2.24) is 20.2 Å². The zero-order valence-corrected chi connectivity index (χ0v) is 14.8.